The molecule has 0 atom stereocenters. The molecule has 0 radical (unpaired) electrons. The van der Waals surface area contributed by atoms with Gasteiger partial charge in [-0.05, 0) is 30.3 Å². The highest BCUT2D eigenvalue weighted by Crippen LogP contribution is 2.23. The molecule has 0 aliphatic rings. The molecule has 0 fully saturated rings. The number of anilines is 1. The van der Waals surface area contributed by atoms with E-state index in [1.165, 1.54) is 7.11 Å². The predicted molar refractivity (Wildman–Crippen MR) is 76.9 cm³/mol. The summed E-state index contributed by atoms with van der Waals surface area (Å²) in [5.74, 6) is 0.217. The van der Waals surface area contributed by atoms with Crippen molar-refractivity contribution in [3.8, 4) is 11.8 Å². The number of rotatable bonds is 3. The highest BCUT2D eigenvalue weighted by atomic mass is 16.5. The van der Waals surface area contributed by atoms with Crippen molar-refractivity contribution in [3.05, 3.63) is 59.7 Å². The van der Waals surface area contributed by atoms with Crippen LogP contribution in [0.3, 0.4) is 0 Å². The van der Waals surface area contributed by atoms with Crippen LogP contribution in [0, 0.1) is 11.3 Å². The number of hydrogen-bond donors (Lipinski definition) is 0. The molecule has 0 aromatic heterocycles. The van der Waals surface area contributed by atoms with Crippen molar-refractivity contribution in [1.29, 1.82) is 5.26 Å². The van der Waals surface area contributed by atoms with E-state index < -0.39 is 0 Å². The average molecular weight is 266 g/mol. The van der Waals surface area contributed by atoms with Gasteiger partial charge in [0.1, 0.15) is 5.75 Å². The van der Waals surface area contributed by atoms with Crippen LogP contribution in [0.15, 0.2) is 48.5 Å². The van der Waals surface area contributed by atoms with Crippen LogP contribution in [0.25, 0.3) is 0 Å². The first kappa shape index (κ1) is 13.6. The zero-order chi connectivity index (χ0) is 14.5. The van der Waals surface area contributed by atoms with E-state index in [9.17, 15) is 4.79 Å². The number of nitrogens with zero attached hydrogens (tertiary/aromatic N) is 2. The van der Waals surface area contributed by atoms with Crippen molar-refractivity contribution in [2.75, 3.05) is 19.1 Å². The van der Waals surface area contributed by atoms with Gasteiger partial charge in [-0.2, -0.15) is 5.26 Å². The van der Waals surface area contributed by atoms with Crippen molar-refractivity contribution in [3.63, 3.8) is 0 Å². The van der Waals surface area contributed by atoms with Gasteiger partial charge in [0.15, 0.2) is 0 Å². The summed E-state index contributed by atoms with van der Waals surface area (Å²) in [6.07, 6.45) is 0. The van der Waals surface area contributed by atoms with Gasteiger partial charge < -0.3 is 9.64 Å². The van der Waals surface area contributed by atoms with Crippen molar-refractivity contribution >= 4 is 11.6 Å². The zero-order valence-corrected chi connectivity index (χ0v) is 11.3. The zero-order valence-electron chi connectivity index (χ0n) is 11.3. The lowest BCUT2D eigenvalue weighted by Crippen LogP contribution is -2.26. The lowest BCUT2D eigenvalue weighted by molar-refractivity contribution is 0.0990. The van der Waals surface area contributed by atoms with E-state index in [0.29, 0.717) is 16.9 Å². The van der Waals surface area contributed by atoms with Crippen molar-refractivity contribution in [2.45, 2.75) is 0 Å². The number of carbonyl (C=O) groups excluding carboxylic acids is 1. The van der Waals surface area contributed by atoms with E-state index in [2.05, 4.69) is 0 Å². The first-order valence-electron chi connectivity index (χ1n) is 6.08. The Kier molecular flexibility index (Phi) is 4.02. The second-order valence-electron chi connectivity index (χ2n) is 4.23. The highest BCUT2D eigenvalue weighted by Gasteiger charge is 2.18. The SMILES string of the molecule is COc1cc(C#N)ccc1C(=O)N(C)c1ccccc1. The molecular formula is C16H14N2O2. The third kappa shape index (κ3) is 2.62. The van der Waals surface area contributed by atoms with Crippen LogP contribution in [-0.4, -0.2) is 20.1 Å². The van der Waals surface area contributed by atoms with Crippen LogP contribution in [0.1, 0.15) is 15.9 Å². The fraction of sp³-hybridized carbons (Fsp3) is 0.125. The monoisotopic (exact) mass is 266 g/mol. The van der Waals surface area contributed by atoms with Gasteiger partial charge in [0, 0.05) is 12.7 Å². The molecule has 0 aliphatic heterocycles. The lowest BCUT2D eigenvalue weighted by Gasteiger charge is -2.18. The smallest absolute Gasteiger partial charge is 0.261 e. The van der Waals surface area contributed by atoms with Gasteiger partial charge in [-0.25, -0.2) is 0 Å². The normalized spacial score (nSPS) is 9.65. The van der Waals surface area contributed by atoms with Crippen LogP contribution in [-0.2, 0) is 0 Å². The number of methoxy groups -OCH3 is 1. The number of benzene rings is 2. The van der Waals surface area contributed by atoms with Gasteiger partial charge in [0.05, 0.1) is 24.3 Å². The molecule has 0 heterocycles. The maximum absolute atomic E-state index is 12.5. The first-order valence-corrected chi connectivity index (χ1v) is 6.08. The Hall–Kier alpha value is -2.80. The average Bonchev–Trinajstić information content (AvgIpc) is 2.53. The van der Waals surface area contributed by atoms with E-state index in [0.717, 1.165) is 5.69 Å². The summed E-state index contributed by atoms with van der Waals surface area (Å²) in [6.45, 7) is 0. The topological polar surface area (TPSA) is 53.3 Å². The van der Waals surface area contributed by atoms with Crippen LogP contribution in [0.4, 0.5) is 5.69 Å². The van der Waals surface area contributed by atoms with Gasteiger partial charge in [-0.15, -0.1) is 0 Å². The Morgan fingerprint density at radius 3 is 2.50 bits per heavy atom. The molecule has 0 spiro atoms. The summed E-state index contributed by atoms with van der Waals surface area (Å²) in [5.41, 5.74) is 1.68. The summed E-state index contributed by atoms with van der Waals surface area (Å²) in [5, 5.41) is 8.87. The maximum Gasteiger partial charge on any atom is 0.261 e. The Bertz CT molecular complexity index is 660. The minimum atomic E-state index is -0.183. The second-order valence-corrected chi connectivity index (χ2v) is 4.23. The Morgan fingerprint density at radius 1 is 1.20 bits per heavy atom. The number of para-hydroxylation sites is 1. The number of ether oxygens (including phenoxy) is 1. The third-order valence-electron chi connectivity index (χ3n) is 3.01. The molecule has 0 unspecified atom stereocenters. The van der Waals surface area contributed by atoms with E-state index in [1.807, 2.05) is 36.4 Å². The summed E-state index contributed by atoms with van der Waals surface area (Å²) in [6, 6.07) is 16.1. The quantitative estimate of drug-likeness (QED) is 0.858. The molecule has 0 bridgehead atoms. The molecule has 4 heteroatoms. The van der Waals surface area contributed by atoms with Crippen LogP contribution >= 0.6 is 0 Å². The predicted octanol–water partition coefficient (Wildman–Crippen LogP) is 2.84. The molecule has 0 saturated heterocycles. The van der Waals surface area contributed by atoms with E-state index in [-0.39, 0.29) is 5.91 Å². The molecule has 20 heavy (non-hydrogen) atoms. The largest absolute Gasteiger partial charge is 0.496 e. The molecule has 100 valence electrons. The second kappa shape index (κ2) is 5.89. The van der Waals surface area contributed by atoms with Crippen LogP contribution < -0.4 is 9.64 Å². The van der Waals surface area contributed by atoms with Gasteiger partial charge in [-0.1, -0.05) is 18.2 Å². The molecule has 2 rings (SSSR count). The fourth-order valence-electron chi connectivity index (χ4n) is 1.89. The minimum absolute atomic E-state index is 0.183. The van der Waals surface area contributed by atoms with Gasteiger partial charge in [0.25, 0.3) is 5.91 Å². The van der Waals surface area contributed by atoms with Crippen molar-refractivity contribution in [2.24, 2.45) is 0 Å². The van der Waals surface area contributed by atoms with Crippen molar-refractivity contribution in [1.82, 2.24) is 0 Å². The molecule has 4 nitrogen and oxygen atoms in total. The molecule has 1 amide bonds. The molecule has 2 aromatic carbocycles. The number of carbonyl (C=O) groups is 1. The Morgan fingerprint density at radius 2 is 1.90 bits per heavy atom. The van der Waals surface area contributed by atoms with E-state index in [1.54, 1.807) is 30.1 Å². The van der Waals surface area contributed by atoms with Gasteiger partial charge in [-0.3, -0.25) is 4.79 Å². The lowest BCUT2D eigenvalue weighted by atomic mass is 10.1. The number of nitriles is 1. The summed E-state index contributed by atoms with van der Waals surface area (Å²) >= 11 is 0. The molecule has 0 aliphatic carbocycles. The van der Waals surface area contributed by atoms with Crippen molar-refractivity contribution < 1.29 is 9.53 Å². The van der Waals surface area contributed by atoms with E-state index >= 15 is 0 Å². The standard InChI is InChI=1S/C16H14N2O2/c1-18(13-6-4-3-5-7-13)16(19)14-9-8-12(11-17)10-15(14)20-2/h3-10H,1-2H3. The molecule has 0 saturated carbocycles. The fourth-order valence-corrected chi connectivity index (χ4v) is 1.89. The summed E-state index contributed by atoms with van der Waals surface area (Å²) < 4.78 is 5.20. The Balaban J connectivity index is 2.37. The van der Waals surface area contributed by atoms with Crippen LogP contribution in [0.2, 0.25) is 0 Å². The molecular weight excluding hydrogens is 252 g/mol. The number of hydrogen-bond acceptors (Lipinski definition) is 3. The third-order valence-corrected chi connectivity index (χ3v) is 3.01. The minimum Gasteiger partial charge on any atom is -0.496 e. The number of amides is 1. The highest BCUT2D eigenvalue weighted by molar-refractivity contribution is 6.07. The van der Waals surface area contributed by atoms with E-state index in [4.69, 9.17) is 10.00 Å². The summed E-state index contributed by atoms with van der Waals surface area (Å²) in [7, 11) is 3.19. The van der Waals surface area contributed by atoms with Gasteiger partial charge in [0.2, 0.25) is 0 Å². The summed E-state index contributed by atoms with van der Waals surface area (Å²) in [4.78, 5) is 14.0. The van der Waals surface area contributed by atoms with Gasteiger partial charge >= 0.3 is 0 Å². The Labute approximate surface area is 117 Å². The van der Waals surface area contributed by atoms with Crippen LogP contribution in [0.5, 0.6) is 5.75 Å². The molecule has 0 N–H and O–H groups in total. The first-order chi connectivity index (χ1) is 9.67. The maximum atomic E-state index is 12.5. The molecule has 2 aromatic rings.